The summed E-state index contributed by atoms with van der Waals surface area (Å²) >= 11 is 13.1. The molecule has 4 aromatic rings. The van der Waals surface area contributed by atoms with Crippen LogP contribution in [-0.4, -0.2) is 42.0 Å². The van der Waals surface area contributed by atoms with E-state index < -0.39 is 6.03 Å². The Balaban J connectivity index is 1.73. The fourth-order valence-corrected chi connectivity index (χ4v) is 4.90. The van der Waals surface area contributed by atoms with Crippen molar-refractivity contribution in [3.05, 3.63) is 107 Å². The molecule has 0 radical (unpaired) electrons. The fraction of sp³-hybridized carbons (Fsp3) is 0.121. The molecular formula is C33H31Cl2N7O5. The van der Waals surface area contributed by atoms with Crippen molar-refractivity contribution in [3.63, 3.8) is 0 Å². The van der Waals surface area contributed by atoms with Crippen LogP contribution in [0.2, 0.25) is 10.0 Å². The van der Waals surface area contributed by atoms with Crippen molar-refractivity contribution < 1.29 is 23.9 Å². The third-order valence-electron chi connectivity index (χ3n) is 6.70. The molecule has 3 aromatic carbocycles. The first-order valence-corrected chi connectivity index (χ1v) is 14.7. The number of nitrogens with zero attached hydrogens (tertiary/aromatic N) is 3. The molecule has 242 valence electrons. The number of amides is 4. The molecule has 0 saturated heterocycles. The molecule has 0 fully saturated rings. The van der Waals surface area contributed by atoms with E-state index in [9.17, 15) is 14.4 Å². The number of aromatic nitrogens is 2. The van der Waals surface area contributed by atoms with Crippen molar-refractivity contribution in [3.8, 4) is 11.5 Å². The summed E-state index contributed by atoms with van der Waals surface area (Å²) in [6.07, 6.45) is 3.63. The van der Waals surface area contributed by atoms with Gasteiger partial charge in [0, 0.05) is 17.8 Å². The SMILES string of the molecule is C=CC(=O)Nc1ccc(CN(C(=O)Nc2c(Cl)c(OC)cc(OC)c2Cl)c2cc(Nc3c(C)cccc3NC(=O)C=C)ncn2)cc1. The molecular weight excluding hydrogens is 645 g/mol. The van der Waals surface area contributed by atoms with Crippen LogP contribution in [0.5, 0.6) is 11.5 Å². The number of benzene rings is 3. The molecule has 0 saturated carbocycles. The van der Waals surface area contributed by atoms with Crippen LogP contribution in [0.1, 0.15) is 11.1 Å². The summed E-state index contributed by atoms with van der Waals surface area (Å²) in [4.78, 5) is 47.9. The van der Waals surface area contributed by atoms with Gasteiger partial charge < -0.3 is 30.7 Å². The lowest BCUT2D eigenvalue weighted by Crippen LogP contribution is -2.35. The minimum absolute atomic E-state index is 0.0271. The molecule has 0 aliphatic rings. The Bertz CT molecular complexity index is 1810. The van der Waals surface area contributed by atoms with Gasteiger partial charge in [-0.15, -0.1) is 0 Å². The quantitative estimate of drug-likeness (QED) is 0.114. The number of aryl methyl sites for hydroxylation is 1. The number of hydrogen-bond acceptors (Lipinski definition) is 8. The number of carbonyl (C=O) groups is 3. The third-order valence-corrected chi connectivity index (χ3v) is 7.45. The maximum Gasteiger partial charge on any atom is 0.327 e. The number of anilines is 6. The van der Waals surface area contributed by atoms with Crippen molar-refractivity contribution in [1.82, 2.24) is 9.97 Å². The van der Waals surface area contributed by atoms with E-state index in [-0.39, 0.29) is 51.4 Å². The van der Waals surface area contributed by atoms with E-state index in [1.54, 1.807) is 42.5 Å². The van der Waals surface area contributed by atoms with Crippen LogP contribution in [0, 0.1) is 6.92 Å². The number of nitrogens with one attached hydrogen (secondary N) is 4. The van der Waals surface area contributed by atoms with E-state index in [4.69, 9.17) is 32.7 Å². The van der Waals surface area contributed by atoms with Crippen molar-refractivity contribution in [2.75, 3.05) is 40.4 Å². The lowest BCUT2D eigenvalue weighted by Gasteiger charge is -2.24. The summed E-state index contributed by atoms with van der Waals surface area (Å²) in [5, 5.41) is 11.6. The zero-order valence-electron chi connectivity index (χ0n) is 25.7. The Hall–Kier alpha value is -5.59. The van der Waals surface area contributed by atoms with Gasteiger partial charge in [0.05, 0.1) is 37.8 Å². The summed E-state index contributed by atoms with van der Waals surface area (Å²) in [7, 11) is 2.84. The van der Waals surface area contributed by atoms with E-state index >= 15 is 0 Å². The number of rotatable bonds is 12. The van der Waals surface area contributed by atoms with E-state index in [1.165, 1.54) is 37.6 Å². The van der Waals surface area contributed by atoms with Gasteiger partial charge in [-0.25, -0.2) is 14.8 Å². The second-order valence-corrected chi connectivity index (χ2v) is 10.5. The van der Waals surface area contributed by atoms with E-state index in [2.05, 4.69) is 44.4 Å². The van der Waals surface area contributed by atoms with Crippen LogP contribution in [0.4, 0.5) is 39.2 Å². The number of carbonyl (C=O) groups excluding carboxylic acids is 3. The molecule has 0 bridgehead atoms. The van der Waals surface area contributed by atoms with Gasteiger partial charge in [0.1, 0.15) is 39.5 Å². The number of ether oxygens (including phenoxy) is 2. The Morgan fingerprint density at radius 3 is 2.11 bits per heavy atom. The monoisotopic (exact) mass is 675 g/mol. The van der Waals surface area contributed by atoms with Crippen molar-refractivity contribution in [1.29, 1.82) is 0 Å². The molecule has 47 heavy (non-hydrogen) atoms. The van der Waals surface area contributed by atoms with Gasteiger partial charge >= 0.3 is 6.03 Å². The lowest BCUT2D eigenvalue weighted by atomic mass is 10.1. The Morgan fingerprint density at radius 1 is 0.851 bits per heavy atom. The molecule has 1 aromatic heterocycles. The first-order valence-electron chi connectivity index (χ1n) is 13.9. The van der Waals surface area contributed by atoms with Crippen molar-refractivity contribution in [2.24, 2.45) is 0 Å². The topological polar surface area (TPSA) is 147 Å². The molecule has 0 aliphatic heterocycles. The highest BCUT2D eigenvalue weighted by Gasteiger charge is 2.24. The average molecular weight is 677 g/mol. The molecule has 1 heterocycles. The van der Waals surface area contributed by atoms with Crippen LogP contribution < -0.4 is 35.6 Å². The molecule has 4 amide bonds. The fourth-order valence-electron chi connectivity index (χ4n) is 4.31. The smallest absolute Gasteiger partial charge is 0.327 e. The molecule has 14 heteroatoms. The number of urea groups is 1. The normalized spacial score (nSPS) is 10.3. The number of para-hydroxylation sites is 1. The predicted molar refractivity (Wildman–Crippen MR) is 185 cm³/mol. The summed E-state index contributed by atoms with van der Waals surface area (Å²) in [6.45, 7) is 8.86. The number of halogens is 2. The molecule has 0 spiro atoms. The van der Waals surface area contributed by atoms with Gasteiger partial charge in [0.15, 0.2) is 0 Å². The van der Waals surface area contributed by atoms with Gasteiger partial charge in [0.2, 0.25) is 11.8 Å². The zero-order valence-corrected chi connectivity index (χ0v) is 27.2. The number of hydrogen-bond donors (Lipinski definition) is 4. The summed E-state index contributed by atoms with van der Waals surface area (Å²) < 4.78 is 10.7. The van der Waals surface area contributed by atoms with Gasteiger partial charge in [-0.1, -0.05) is 60.6 Å². The second-order valence-electron chi connectivity index (χ2n) is 9.77. The van der Waals surface area contributed by atoms with E-state index in [1.807, 2.05) is 13.0 Å². The van der Waals surface area contributed by atoms with Crippen molar-refractivity contribution in [2.45, 2.75) is 13.5 Å². The standard InChI is InChI=1S/C33H31Cl2N7O5/c1-6-27(43)38-21-13-11-20(12-14-21)17-42(33(45)41-32-29(34)23(46-4)15-24(47-5)30(32)35)26-16-25(36-18-37-26)40-31-19(3)9-8-10-22(31)39-28(44)7-2/h6-16,18H,1-2,17H2,3-5H3,(H,38,43)(H,39,44)(H,41,45)(H,36,37,40). The Labute approximate surface area is 281 Å². The average Bonchev–Trinajstić information content (AvgIpc) is 3.07. The minimum atomic E-state index is -0.646. The lowest BCUT2D eigenvalue weighted by molar-refractivity contribution is -0.112. The largest absolute Gasteiger partial charge is 0.495 e. The molecule has 4 N–H and O–H groups in total. The summed E-state index contributed by atoms with van der Waals surface area (Å²) in [5.41, 5.74) is 3.21. The van der Waals surface area contributed by atoms with Gasteiger partial charge in [-0.05, 0) is 48.4 Å². The first-order chi connectivity index (χ1) is 22.6. The molecule has 0 unspecified atom stereocenters. The molecule has 0 aliphatic carbocycles. The first kappa shape index (κ1) is 34.3. The van der Waals surface area contributed by atoms with Gasteiger partial charge in [0.25, 0.3) is 0 Å². The minimum Gasteiger partial charge on any atom is -0.495 e. The van der Waals surface area contributed by atoms with Gasteiger partial charge in [-0.3, -0.25) is 14.5 Å². The highest BCUT2D eigenvalue weighted by molar-refractivity contribution is 6.41. The summed E-state index contributed by atoms with van der Waals surface area (Å²) in [6, 6.07) is 14.7. The van der Waals surface area contributed by atoms with Crippen LogP contribution in [0.25, 0.3) is 0 Å². The van der Waals surface area contributed by atoms with Crippen molar-refractivity contribution >= 4 is 75.4 Å². The highest BCUT2D eigenvalue weighted by Crippen LogP contribution is 2.44. The van der Waals surface area contributed by atoms with Crippen LogP contribution in [-0.2, 0) is 16.1 Å². The van der Waals surface area contributed by atoms with E-state index in [0.29, 0.717) is 28.4 Å². The molecule has 4 rings (SSSR count). The third kappa shape index (κ3) is 8.37. The maximum absolute atomic E-state index is 14.0. The molecule has 0 atom stereocenters. The summed E-state index contributed by atoms with van der Waals surface area (Å²) in [5.74, 6) is 0.264. The second kappa shape index (κ2) is 15.6. The van der Waals surface area contributed by atoms with Crippen LogP contribution in [0.3, 0.4) is 0 Å². The predicted octanol–water partition coefficient (Wildman–Crippen LogP) is 7.34. The Morgan fingerprint density at radius 2 is 1.49 bits per heavy atom. The number of methoxy groups -OCH3 is 2. The Kier molecular flexibility index (Phi) is 11.4. The molecule has 12 nitrogen and oxygen atoms in total. The highest BCUT2D eigenvalue weighted by atomic mass is 35.5. The van der Waals surface area contributed by atoms with Crippen LogP contribution in [0.15, 0.2) is 86.2 Å². The zero-order chi connectivity index (χ0) is 34.1. The van der Waals surface area contributed by atoms with Gasteiger partial charge in [-0.2, -0.15) is 0 Å². The van der Waals surface area contributed by atoms with Crippen LogP contribution >= 0.6 is 23.2 Å². The van der Waals surface area contributed by atoms with E-state index in [0.717, 1.165) is 11.6 Å². The maximum atomic E-state index is 14.0.